The minimum atomic E-state index is -3.53. The molecule has 2 aromatic rings. The Morgan fingerprint density at radius 2 is 1.76 bits per heavy atom. The average molecular weight is 364 g/mol. The highest BCUT2D eigenvalue weighted by atomic mass is 32.2. The number of rotatable bonds is 5. The highest BCUT2D eigenvalue weighted by Crippen LogP contribution is 2.22. The zero-order valence-electron chi connectivity index (χ0n) is 14.7. The maximum Gasteiger partial charge on any atom is 0.279 e. The first-order valence-corrected chi connectivity index (χ1v) is 9.78. The van der Waals surface area contributed by atoms with Crippen molar-refractivity contribution in [1.29, 1.82) is 0 Å². The van der Waals surface area contributed by atoms with Crippen LogP contribution < -0.4 is 9.46 Å². The van der Waals surface area contributed by atoms with E-state index in [9.17, 15) is 8.42 Å². The molecule has 0 aliphatic carbocycles. The Morgan fingerprint density at radius 3 is 2.44 bits per heavy atom. The van der Waals surface area contributed by atoms with E-state index >= 15 is 0 Å². The lowest BCUT2D eigenvalue weighted by Crippen LogP contribution is -2.51. The Labute approximate surface area is 148 Å². The van der Waals surface area contributed by atoms with Crippen LogP contribution in [-0.2, 0) is 21.5 Å². The van der Waals surface area contributed by atoms with Gasteiger partial charge in [-0.05, 0) is 48.4 Å². The molecule has 136 valence electrons. The zero-order chi connectivity index (χ0) is 18.0. The standard InChI is InChI=1S/C18H24N2O4S/c1-13-11-20(12-14(2)24-13)25(21,22)19-10-15-4-5-17-9-18(23-3)7-6-16(17)8-15/h4-9,13-14,19H,10-12H2,1-3H3/t13-,14-/m0/s1. The Kier molecular flexibility index (Phi) is 5.29. The predicted molar refractivity (Wildman–Crippen MR) is 97.8 cm³/mol. The third-order valence-corrected chi connectivity index (χ3v) is 5.78. The van der Waals surface area contributed by atoms with Gasteiger partial charge in [0.25, 0.3) is 10.2 Å². The predicted octanol–water partition coefficient (Wildman–Crippen LogP) is 2.29. The second-order valence-corrected chi connectivity index (χ2v) is 8.20. The summed E-state index contributed by atoms with van der Waals surface area (Å²) < 4.78 is 40.0. The van der Waals surface area contributed by atoms with Crippen LogP contribution in [0.5, 0.6) is 5.75 Å². The van der Waals surface area contributed by atoms with E-state index in [1.54, 1.807) is 7.11 Å². The van der Waals surface area contributed by atoms with Crippen LogP contribution in [0.3, 0.4) is 0 Å². The van der Waals surface area contributed by atoms with E-state index in [4.69, 9.17) is 9.47 Å². The lowest BCUT2D eigenvalue weighted by Gasteiger charge is -2.34. The van der Waals surface area contributed by atoms with E-state index in [2.05, 4.69) is 4.72 Å². The van der Waals surface area contributed by atoms with E-state index in [-0.39, 0.29) is 18.8 Å². The number of morpholine rings is 1. The molecule has 1 saturated heterocycles. The van der Waals surface area contributed by atoms with Crippen molar-refractivity contribution in [2.45, 2.75) is 32.6 Å². The zero-order valence-corrected chi connectivity index (χ0v) is 15.5. The van der Waals surface area contributed by atoms with Crippen molar-refractivity contribution < 1.29 is 17.9 Å². The highest BCUT2D eigenvalue weighted by molar-refractivity contribution is 7.87. The summed E-state index contributed by atoms with van der Waals surface area (Å²) in [6, 6.07) is 11.7. The second kappa shape index (κ2) is 7.29. The van der Waals surface area contributed by atoms with Gasteiger partial charge >= 0.3 is 0 Å². The van der Waals surface area contributed by atoms with Gasteiger partial charge in [0.1, 0.15) is 5.75 Å². The fourth-order valence-corrected chi connectivity index (χ4v) is 4.45. The summed E-state index contributed by atoms with van der Waals surface area (Å²) in [5.74, 6) is 0.802. The summed E-state index contributed by atoms with van der Waals surface area (Å²) in [7, 11) is -1.89. The Balaban J connectivity index is 1.71. The van der Waals surface area contributed by atoms with Crippen LogP contribution in [0, 0.1) is 0 Å². The third-order valence-electron chi connectivity index (χ3n) is 4.30. The molecule has 2 aromatic carbocycles. The molecule has 3 rings (SSSR count). The molecule has 0 bridgehead atoms. The minimum absolute atomic E-state index is 0.101. The Hall–Kier alpha value is -1.67. The lowest BCUT2D eigenvalue weighted by molar-refractivity contribution is -0.0444. The minimum Gasteiger partial charge on any atom is -0.497 e. The lowest BCUT2D eigenvalue weighted by atomic mass is 10.1. The van der Waals surface area contributed by atoms with E-state index in [0.29, 0.717) is 13.1 Å². The van der Waals surface area contributed by atoms with Crippen LogP contribution in [0.15, 0.2) is 36.4 Å². The van der Waals surface area contributed by atoms with Gasteiger partial charge in [-0.1, -0.05) is 18.2 Å². The van der Waals surface area contributed by atoms with Crippen LogP contribution in [0.4, 0.5) is 0 Å². The van der Waals surface area contributed by atoms with Gasteiger partial charge in [-0.15, -0.1) is 0 Å². The van der Waals surface area contributed by atoms with Crippen molar-refractivity contribution in [2.24, 2.45) is 0 Å². The van der Waals surface area contributed by atoms with Crippen molar-refractivity contribution in [3.63, 3.8) is 0 Å². The molecule has 0 radical (unpaired) electrons. The summed E-state index contributed by atoms with van der Waals surface area (Å²) in [6.07, 6.45) is -0.202. The molecule has 0 unspecified atom stereocenters. The first-order valence-electron chi connectivity index (χ1n) is 8.34. The first kappa shape index (κ1) is 18.1. The van der Waals surface area contributed by atoms with E-state index in [0.717, 1.165) is 22.1 Å². The van der Waals surface area contributed by atoms with E-state index in [1.165, 1.54) is 4.31 Å². The molecular weight excluding hydrogens is 340 g/mol. The van der Waals surface area contributed by atoms with Gasteiger partial charge < -0.3 is 9.47 Å². The van der Waals surface area contributed by atoms with E-state index < -0.39 is 10.2 Å². The molecule has 1 aliphatic heterocycles. The molecule has 25 heavy (non-hydrogen) atoms. The molecule has 1 fully saturated rings. The summed E-state index contributed by atoms with van der Waals surface area (Å²) >= 11 is 0. The summed E-state index contributed by atoms with van der Waals surface area (Å²) in [5, 5.41) is 2.10. The number of nitrogens with one attached hydrogen (secondary N) is 1. The third kappa shape index (κ3) is 4.30. The molecule has 0 spiro atoms. The monoisotopic (exact) mass is 364 g/mol. The molecule has 7 heteroatoms. The normalized spacial score (nSPS) is 22.2. The molecule has 0 amide bonds. The van der Waals surface area contributed by atoms with E-state index in [1.807, 2.05) is 50.2 Å². The van der Waals surface area contributed by atoms with Crippen LogP contribution in [-0.4, -0.2) is 45.1 Å². The molecule has 6 nitrogen and oxygen atoms in total. The number of hydrogen-bond acceptors (Lipinski definition) is 4. The van der Waals surface area contributed by atoms with Crippen molar-refractivity contribution in [3.8, 4) is 5.75 Å². The Bertz CT molecular complexity index is 843. The maximum atomic E-state index is 12.5. The SMILES string of the molecule is COc1ccc2cc(CNS(=O)(=O)N3C[C@H](C)O[C@@H](C)C3)ccc2c1. The molecule has 1 aliphatic rings. The maximum absolute atomic E-state index is 12.5. The molecule has 2 atom stereocenters. The largest absolute Gasteiger partial charge is 0.497 e. The smallest absolute Gasteiger partial charge is 0.279 e. The summed E-state index contributed by atoms with van der Waals surface area (Å²) in [5.41, 5.74) is 0.913. The molecular formula is C18H24N2O4S. The van der Waals surface area contributed by atoms with Gasteiger partial charge in [0.15, 0.2) is 0 Å². The number of benzene rings is 2. The van der Waals surface area contributed by atoms with Crippen molar-refractivity contribution in [3.05, 3.63) is 42.0 Å². The quantitative estimate of drug-likeness (QED) is 0.884. The number of hydrogen-bond donors (Lipinski definition) is 1. The van der Waals surface area contributed by atoms with Gasteiger partial charge in [0, 0.05) is 19.6 Å². The van der Waals surface area contributed by atoms with Crippen molar-refractivity contribution in [1.82, 2.24) is 9.03 Å². The van der Waals surface area contributed by atoms with Gasteiger partial charge in [-0.25, -0.2) is 0 Å². The highest BCUT2D eigenvalue weighted by Gasteiger charge is 2.30. The van der Waals surface area contributed by atoms with Gasteiger partial charge in [0.2, 0.25) is 0 Å². The average Bonchev–Trinajstić information content (AvgIpc) is 2.58. The molecule has 1 N–H and O–H groups in total. The first-order chi connectivity index (χ1) is 11.9. The Morgan fingerprint density at radius 1 is 1.12 bits per heavy atom. The second-order valence-electron chi connectivity index (χ2n) is 6.45. The van der Waals surface area contributed by atoms with Gasteiger partial charge in [0.05, 0.1) is 19.3 Å². The van der Waals surface area contributed by atoms with Crippen LogP contribution in [0.25, 0.3) is 10.8 Å². The van der Waals surface area contributed by atoms with Gasteiger partial charge in [-0.2, -0.15) is 17.4 Å². The number of fused-ring (bicyclic) bond motifs is 1. The molecule has 0 saturated carbocycles. The number of methoxy groups -OCH3 is 1. The van der Waals surface area contributed by atoms with Crippen molar-refractivity contribution in [2.75, 3.05) is 20.2 Å². The van der Waals surface area contributed by atoms with Gasteiger partial charge in [-0.3, -0.25) is 0 Å². The van der Waals surface area contributed by atoms with Crippen LogP contribution in [0.2, 0.25) is 0 Å². The van der Waals surface area contributed by atoms with Crippen LogP contribution in [0.1, 0.15) is 19.4 Å². The fraction of sp³-hybridized carbons (Fsp3) is 0.444. The summed E-state index contributed by atoms with van der Waals surface area (Å²) in [4.78, 5) is 0. The topological polar surface area (TPSA) is 67.9 Å². The number of ether oxygens (including phenoxy) is 2. The molecule has 0 aromatic heterocycles. The number of nitrogens with zero attached hydrogens (tertiary/aromatic N) is 1. The molecule has 1 heterocycles. The summed E-state index contributed by atoms with van der Waals surface area (Å²) in [6.45, 7) is 4.77. The van der Waals surface area contributed by atoms with Crippen LogP contribution >= 0.6 is 0 Å². The van der Waals surface area contributed by atoms with Crippen molar-refractivity contribution >= 4 is 21.0 Å². The fourth-order valence-electron chi connectivity index (χ4n) is 3.10.